The Labute approximate surface area is 97.3 Å². The maximum absolute atomic E-state index is 9.48. The molecule has 17 heavy (non-hydrogen) atoms. The van der Waals surface area contributed by atoms with E-state index in [0.29, 0.717) is 22.7 Å². The van der Waals surface area contributed by atoms with E-state index in [1.165, 1.54) is 6.07 Å². The highest BCUT2D eigenvalue weighted by molar-refractivity contribution is 5.82. The van der Waals surface area contributed by atoms with Crippen LogP contribution in [-0.2, 0) is 0 Å². The summed E-state index contributed by atoms with van der Waals surface area (Å²) in [6, 6.07) is 12.6. The van der Waals surface area contributed by atoms with E-state index < -0.39 is 0 Å². The van der Waals surface area contributed by atoms with Gasteiger partial charge in [-0.25, -0.2) is 4.98 Å². The summed E-state index contributed by atoms with van der Waals surface area (Å²) in [7, 11) is 0. The quantitative estimate of drug-likeness (QED) is 0.494. The minimum atomic E-state index is 0.00765. The second kappa shape index (κ2) is 3.52. The van der Waals surface area contributed by atoms with Gasteiger partial charge in [0.05, 0.1) is 5.69 Å². The van der Waals surface area contributed by atoms with Gasteiger partial charge in [0, 0.05) is 11.6 Å². The monoisotopic (exact) mass is 226 g/mol. The van der Waals surface area contributed by atoms with Crippen molar-refractivity contribution in [2.45, 2.75) is 0 Å². The van der Waals surface area contributed by atoms with Crippen molar-refractivity contribution in [3.05, 3.63) is 42.5 Å². The average Bonchev–Trinajstić information content (AvgIpc) is 2.74. The molecule has 84 valence electrons. The number of hydrogen-bond donors (Lipinski definition) is 2. The number of rotatable bonds is 1. The molecule has 0 spiro atoms. The fourth-order valence-electron chi connectivity index (χ4n) is 1.68. The average molecular weight is 226 g/mol. The first-order valence-electron chi connectivity index (χ1n) is 5.18. The van der Waals surface area contributed by atoms with Crippen molar-refractivity contribution in [1.82, 2.24) is 4.98 Å². The lowest BCUT2D eigenvalue weighted by atomic mass is 10.2. The Bertz CT molecular complexity index is 635. The molecule has 4 heteroatoms. The largest absolute Gasteiger partial charge is 0.506 e. The number of oxazole rings is 1. The Hall–Kier alpha value is -2.49. The highest BCUT2D eigenvalue weighted by Gasteiger charge is 2.10. The molecular weight excluding hydrogens is 216 g/mol. The summed E-state index contributed by atoms with van der Waals surface area (Å²) in [6.45, 7) is 0. The molecule has 0 aliphatic heterocycles. The summed E-state index contributed by atoms with van der Waals surface area (Å²) in [5.74, 6) is 0.527. The number of hydrogen-bond acceptors (Lipinski definition) is 4. The normalized spacial score (nSPS) is 10.8. The summed E-state index contributed by atoms with van der Waals surface area (Å²) in [4.78, 5) is 4.33. The molecule has 0 bridgehead atoms. The molecule has 4 nitrogen and oxygen atoms in total. The van der Waals surface area contributed by atoms with Gasteiger partial charge in [0.1, 0.15) is 11.3 Å². The van der Waals surface area contributed by atoms with Crippen LogP contribution in [0.15, 0.2) is 46.9 Å². The number of nitrogens with zero attached hydrogens (tertiary/aromatic N) is 1. The Balaban J connectivity index is 2.21. The molecule has 0 unspecified atom stereocenters. The zero-order valence-electron chi connectivity index (χ0n) is 8.92. The van der Waals surface area contributed by atoms with Crippen LogP contribution in [0.4, 0.5) is 5.69 Å². The zero-order chi connectivity index (χ0) is 11.8. The number of phenols is 1. The van der Waals surface area contributed by atoms with Crippen molar-refractivity contribution < 1.29 is 9.52 Å². The maximum atomic E-state index is 9.48. The smallest absolute Gasteiger partial charge is 0.227 e. The molecule has 0 aliphatic rings. The van der Waals surface area contributed by atoms with Crippen LogP contribution in [0.3, 0.4) is 0 Å². The Morgan fingerprint density at radius 3 is 2.65 bits per heavy atom. The van der Waals surface area contributed by atoms with Crippen LogP contribution in [0.25, 0.3) is 22.6 Å². The summed E-state index contributed by atoms with van der Waals surface area (Å²) in [5, 5.41) is 9.48. The third kappa shape index (κ3) is 1.59. The molecular formula is C13H10N2O2. The Kier molecular flexibility index (Phi) is 2.01. The van der Waals surface area contributed by atoms with E-state index in [9.17, 15) is 5.11 Å². The molecule has 0 radical (unpaired) electrons. The van der Waals surface area contributed by atoms with Crippen LogP contribution in [-0.4, -0.2) is 10.1 Å². The molecule has 0 aliphatic carbocycles. The molecule has 3 aromatic rings. The zero-order valence-corrected chi connectivity index (χ0v) is 8.92. The van der Waals surface area contributed by atoms with Gasteiger partial charge in [0.2, 0.25) is 5.89 Å². The first-order valence-corrected chi connectivity index (χ1v) is 5.18. The summed E-state index contributed by atoms with van der Waals surface area (Å²) in [6.07, 6.45) is 0. The molecule has 0 saturated heterocycles. The molecule has 1 aromatic heterocycles. The summed E-state index contributed by atoms with van der Waals surface area (Å²) >= 11 is 0. The number of benzene rings is 2. The topological polar surface area (TPSA) is 72.3 Å². The maximum Gasteiger partial charge on any atom is 0.227 e. The van der Waals surface area contributed by atoms with Gasteiger partial charge in [0.15, 0.2) is 5.58 Å². The first-order chi connectivity index (χ1) is 8.24. The van der Waals surface area contributed by atoms with E-state index in [0.717, 1.165) is 5.56 Å². The number of nitrogens with two attached hydrogens (primary N) is 1. The van der Waals surface area contributed by atoms with Gasteiger partial charge in [-0.05, 0) is 18.2 Å². The second-order valence-electron chi connectivity index (χ2n) is 3.76. The highest BCUT2D eigenvalue weighted by atomic mass is 16.3. The van der Waals surface area contributed by atoms with Crippen molar-refractivity contribution in [2.24, 2.45) is 0 Å². The van der Waals surface area contributed by atoms with Crippen LogP contribution < -0.4 is 5.73 Å². The van der Waals surface area contributed by atoms with Crippen molar-refractivity contribution >= 4 is 16.8 Å². The molecule has 0 fully saturated rings. The van der Waals surface area contributed by atoms with Gasteiger partial charge >= 0.3 is 0 Å². The third-order valence-corrected chi connectivity index (χ3v) is 2.56. The number of phenolic OH excluding ortho intramolecular Hbond substituents is 1. The van der Waals surface area contributed by atoms with Gasteiger partial charge < -0.3 is 15.3 Å². The molecule has 3 N–H and O–H groups in total. The van der Waals surface area contributed by atoms with Gasteiger partial charge in [-0.1, -0.05) is 18.2 Å². The Morgan fingerprint density at radius 1 is 1.12 bits per heavy atom. The van der Waals surface area contributed by atoms with Crippen molar-refractivity contribution in [3.63, 3.8) is 0 Å². The van der Waals surface area contributed by atoms with Crippen LogP contribution in [0, 0.1) is 0 Å². The van der Waals surface area contributed by atoms with Gasteiger partial charge in [-0.3, -0.25) is 0 Å². The van der Waals surface area contributed by atoms with Crippen LogP contribution in [0.5, 0.6) is 5.75 Å². The fourth-order valence-corrected chi connectivity index (χ4v) is 1.68. The third-order valence-electron chi connectivity index (χ3n) is 2.56. The van der Waals surface area contributed by atoms with E-state index in [4.69, 9.17) is 10.2 Å². The lowest BCUT2D eigenvalue weighted by Gasteiger charge is -1.95. The minimum Gasteiger partial charge on any atom is -0.506 e. The number of anilines is 1. The van der Waals surface area contributed by atoms with Crippen molar-refractivity contribution in [1.29, 1.82) is 0 Å². The predicted octanol–water partition coefficient (Wildman–Crippen LogP) is 2.78. The summed E-state index contributed by atoms with van der Waals surface area (Å²) < 4.78 is 5.56. The van der Waals surface area contributed by atoms with Crippen molar-refractivity contribution in [3.8, 4) is 17.2 Å². The van der Waals surface area contributed by atoms with Crippen LogP contribution >= 0.6 is 0 Å². The number of fused-ring (bicyclic) bond motifs is 1. The van der Waals surface area contributed by atoms with E-state index in [1.54, 1.807) is 6.07 Å². The summed E-state index contributed by atoms with van der Waals surface area (Å²) in [5.41, 5.74) is 7.95. The van der Waals surface area contributed by atoms with Crippen LogP contribution in [0.1, 0.15) is 0 Å². The molecule has 3 rings (SSSR count). The van der Waals surface area contributed by atoms with E-state index in [2.05, 4.69) is 4.98 Å². The van der Waals surface area contributed by atoms with E-state index >= 15 is 0 Å². The second-order valence-corrected chi connectivity index (χ2v) is 3.76. The van der Waals surface area contributed by atoms with Gasteiger partial charge in [-0.15, -0.1) is 0 Å². The van der Waals surface area contributed by atoms with Gasteiger partial charge in [-0.2, -0.15) is 0 Å². The van der Waals surface area contributed by atoms with Gasteiger partial charge in [0.25, 0.3) is 0 Å². The van der Waals surface area contributed by atoms with E-state index in [1.807, 2.05) is 30.3 Å². The number of aromatic nitrogens is 1. The number of aromatic hydroxyl groups is 1. The minimum absolute atomic E-state index is 0.00765. The molecule has 0 saturated carbocycles. The molecule has 0 atom stereocenters. The molecule has 1 heterocycles. The van der Waals surface area contributed by atoms with Crippen LogP contribution in [0.2, 0.25) is 0 Å². The first kappa shape index (κ1) is 9.72. The predicted molar refractivity (Wildman–Crippen MR) is 65.5 cm³/mol. The van der Waals surface area contributed by atoms with E-state index in [-0.39, 0.29) is 5.75 Å². The highest BCUT2D eigenvalue weighted by Crippen LogP contribution is 2.30. The molecule has 0 amide bonds. The lowest BCUT2D eigenvalue weighted by molar-refractivity contribution is 0.477. The fraction of sp³-hybridized carbons (Fsp3) is 0. The SMILES string of the molecule is Nc1cc2nc(-c3ccccc3)oc2cc1O. The lowest BCUT2D eigenvalue weighted by Crippen LogP contribution is -1.84. The molecule has 2 aromatic carbocycles. The number of nitrogen functional groups attached to an aromatic ring is 1. The standard InChI is InChI=1S/C13H10N2O2/c14-9-6-10-12(7-11(9)16)17-13(15-10)8-4-2-1-3-5-8/h1-7,16H,14H2. The Morgan fingerprint density at radius 2 is 1.88 bits per heavy atom. The van der Waals surface area contributed by atoms with Crippen molar-refractivity contribution in [2.75, 3.05) is 5.73 Å².